The lowest BCUT2D eigenvalue weighted by Gasteiger charge is -2.01. The first-order valence-electron chi connectivity index (χ1n) is 8.58. The topological polar surface area (TPSA) is 59.4 Å². The van der Waals surface area contributed by atoms with Crippen LogP contribution in [0.2, 0.25) is 10.0 Å². The predicted molar refractivity (Wildman–Crippen MR) is 122 cm³/mol. The zero-order valence-corrected chi connectivity index (χ0v) is 18.4. The molecule has 8 heteroatoms. The van der Waals surface area contributed by atoms with E-state index in [-0.39, 0.29) is 5.83 Å². The van der Waals surface area contributed by atoms with Crippen LogP contribution in [0.4, 0.5) is 4.39 Å². The smallest absolute Gasteiger partial charge is 0.331 e. The summed E-state index contributed by atoms with van der Waals surface area (Å²) in [5.41, 5.74) is 2.90. The second kappa shape index (κ2) is 11.5. The van der Waals surface area contributed by atoms with Gasteiger partial charge in [-0.3, -0.25) is 0 Å². The lowest BCUT2D eigenvalue weighted by atomic mass is 10.1. The number of carboxylic acid groups (broad SMARTS) is 1. The quantitative estimate of drug-likeness (QED) is 0.321. The number of halogens is 3. The minimum absolute atomic E-state index is 0.305. The lowest BCUT2D eigenvalue weighted by Crippen LogP contribution is -1.85. The van der Waals surface area contributed by atoms with E-state index < -0.39 is 5.97 Å². The Morgan fingerprint density at radius 1 is 1.23 bits per heavy atom. The monoisotopic (exact) mass is 465 g/mol. The first-order valence-corrected chi connectivity index (χ1v) is 10.2. The molecular weight excluding hydrogens is 448 g/mol. The van der Waals surface area contributed by atoms with Crippen molar-refractivity contribution in [2.24, 2.45) is 0 Å². The maximum atomic E-state index is 14.4. The van der Waals surface area contributed by atoms with Crippen LogP contribution in [0.5, 0.6) is 0 Å². The molecule has 0 spiro atoms. The van der Waals surface area contributed by atoms with Crippen LogP contribution in [0.25, 0.3) is 22.5 Å². The molecule has 156 valence electrons. The SMILES string of the molecule is COC=CC(=O)O.Cc1ccccc1C=C(F)c1csc(-c2ccc(Cl)cc2Cl)n1. The summed E-state index contributed by atoms with van der Waals surface area (Å²) in [6.45, 7) is 1.94. The van der Waals surface area contributed by atoms with E-state index in [4.69, 9.17) is 28.3 Å². The average molecular weight is 466 g/mol. The molecule has 0 aliphatic rings. The lowest BCUT2D eigenvalue weighted by molar-refractivity contribution is -0.131. The van der Waals surface area contributed by atoms with Gasteiger partial charge in [-0.25, -0.2) is 14.2 Å². The number of ether oxygens (including phenoxy) is 1. The van der Waals surface area contributed by atoms with E-state index in [1.54, 1.807) is 23.6 Å². The van der Waals surface area contributed by atoms with E-state index in [2.05, 4.69) is 9.72 Å². The summed E-state index contributed by atoms with van der Waals surface area (Å²) in [4.78, 5) is 13.9. The van der Waals surface area contributed by atoms with Crippen molar-refractivity contribution in [2.45, 2.75) is 6.92 Å². The number of methoxy groups -OCH3 is 1. The molecule has 0 bridgehead atoms. The van der Waals surface area contributed by atoms with Gasteiger partial charge in [-0.1, -0.05) is 47.5 Å². The number of nitrogens with zero attached hydrogens (tertiary/aromatic N) is 1. The Labute approximate surface area is 187 Å². The Hall–Kier alpha value is -2.67. The molecule has 0 radical (unpaired) electrons. The molecule has 1 N–H and O–H groups in total. The van der Waals surface area contributed by atoms with Gasteiger partial charge >= 0.3 is 5.97 Å². The zero-order valence-electron chi connectivity index (χ0n) is 16.1. The van der Waals surface area contributed by atoms with Crippen molar-refractivity contribution in [3.05, 3.63) is 87.0 Å². The predicted octanol–water partition coefficient (Wildman–Crippen LogP) is 7.12. The Kier molecular flexibility index (Phi) is 9.05. The molecule has 1 aromatic heterocycles. The first-order chi connectivity index (χ1) is 14.3. The molecule has 0 aliphatic carbocycles. The number of thiazole rings is 1. The minimum atomic E-state index is -0.998. The number of carboxylic acids is 1. The maximum absolute atomic E-state index is 14.4. The standard InChI is InChI=1S/C18H12Cl2FNS.C4H6O3/c1-11-4-2-3-5-12(11)8-16(21)17-10-23-18(22-17)14-7-6-13(19)9-15(14)20;1-7-3-2-4(5)6/h2-10H,1H3;2-3H,1H3,(H,5,6). The molecule has 30 heavy (non-hydrogen) atoms. The van der Waals surface area contributed by atoms with Crippen molar-refractivity contribution < 1.29 is 19.0 Å². The van der Waals surface area contributed by atoms with Gasteiger partial charge < -0.3 is 9.84 Å². The Bertz CT molecular complexity index is 1080. The number of aryl methyl sites for hydroxylation is 1. The van der Waals surface area contributed by atoms with Gasteiger partial charge in [0.15, 0.2) is 0 Å². The van der Waals surface area contributed by atoms with Gasteiger partial charge in [-0.05, 0) is 42.3 Å². The summed E-state index contributed by atoms with van der Waals surface area (Å²) in [6, 6.07) is 12.8. The molecule has 1 heterocycles. The normalized spacial score (nSPS) is 11.2. The number of aromatic nitrogens is 1. The highest BCUT2D eigenvalue weighted by Gasteiger charge is 2.12. The zero-order chi connectivity index (χ0) is 22.1. The summed E-state index contributed by atoms with van der Waals surface area (Å²) in [5, 5.41) is 11.3. The van der Waals surface area contributed by atoms with Gasteiger partial charge in [0.1, 0.15) is 16.5 Å². The summed E-state index contributed by atoms with van der Waals surface area (Å²) in [6.07, 6.45) is 3.51. The fraction of sp³-hybridized carbons (Fsp3) is 0.0909. The van der Waals surface area contributed by atoms with E-state index in [1.165, 1.54) is 24.5 Å². The highest BCUT2D eigenvalue weighted by Crippen LogP contribution is 2.34. The molecule has 0 unspecified atom stereocenters. The Morgan fingerprint density at radius 2 is 1.97 bits per heavy atom. The summed E-state index contributed by atoms with van der Waals surface area (Å²) >= 11 is 13.4. The number of rotatable bonds is 5. The molecule has 0 atom stereocenters. The molecule has 0 fully saturated rings. The summed E-state index contributed by atoms with van der Waals surface area (Å²) < 4.78 is 18.7. The van der Waals surface area contributed by atoms with Gasteiger partial charge in [0, 0.05) is 16.0 Å². The molecule has 0 saturated carbocycles. The average Bonchev–Trinajstić information content (AvgIpc) is 3.18. The van der Waals surface area contributed by atoms with E-state index in [1.807, 2.05) is 31.2 Å². The van der Waals surface area contributed by atoms with Crippen molar-refractivity contribution in [1.29, 1.82) is 0 Å². The Balaban J connectivity index is 0.000000396. The fourth-order valence-electron chi connectivity index (χ4n) is 2.26. The molecule has 4 nitrogen and oxygen atoms in total. The van der Waals surface area contributed by atoms with Crippen LogP contribution in [-0.4, -0.2) is 23.2 Å². The first kappa shape index (κ1) is 23.6. The van der Waals surface area contributed by atoms with Crippen molar-refractivity contribution in [3.8, 4) is 10.6 Å². The molecule has 0 saturated heterocycles. The van der Waals surface area contributed by atoms with Gasteiger partial charge in [0.05, 0.1) is 24.5 Å². The summed E-state index contributed by atoms with van der Waals surface area (Å²) in [5.74, 6) is -1.37. The number of benzene rings is 2. The largest absolute Gasteiger partial charge is 0.504 e. The van der Waals surface area contributed by atoms with E-state index in [0.717, 1.165) is 29.0 Å². The van der Waals surface area contributed by atoms with Crippen molar-refractivity contribution in [2.75, 3.05) is 7.11 Å². The van der Waals surface area contributed by atoms with Crippen LogP contribution in [0.3, 0.4) is 0 Å². The van der Waals surface area contributed by atoms with Crippen molar-refractivity contribution >= 4 is 52.4 Å². The van der Waals surface area contributed by atoms with Gasteiger partial charge in [0.2, 0.25) is 0 Å². The van der Waals surface area contributed by atoms with Crippen molar-refractivity contribution in [3.63, 3.8) is 0 Å². The fourth-order valence-corrected chi connectivity index (χ4v) is 3.65. The third kappa shape index (κ3) is 6.99. The van der Waals surface area contributed by atoms with Gasteiger partial charge in [-0.2, -0.15) is 0 Å². The van der Waals surface area contributed by atoms with Crippen LogP contribution in [0.15, 0.2) is 60.2 Å². The second-order valence-electron chi connectivity index (χ2n) is 5.89. The van der Waals surface area contributed by atoms with Gasteiger partial charge in [0.25, 0.3) is 0 Å². The second-order valence-corrected chi connectivity index (χ2v) is 7.59. The minimum Gasteiger partial charge on any atom is -0.504 e. The van der Waals surface area contributed by atoms with E-state index in [0.29, 0.717) is 20.7 Å². The summed E-state index contributed by atoms with van der Waals surface area (Å²) in [7, 11) is 1.39. The van der Waals surface area contributed by atoms with Crippen LogP contribution in [0.1, 0.15) is 16.8 Å². The maximum Gasteiger partial charge on any atom is 0.331 e. The van der Waals surface area contributed by atoms with Crippen LogP contribution in [0, 0.1) is 6.92 Å². The third-order valence-corrected chi connectivity index (χ3v) is 5.15. The van der Waals surface area contributed by atoms with Crippen LogP contribution < -0.4 is 0 Å². The number of hydrogen-bond acceptors (Lipinski definition) is 4. The molecule has 3 aromatic rings. The molecule has 0 aliphatic heterocycles. The van der Waals surface area contributed by atoms with Crippen molar-refractivity contribution in [1.82, 2.24) is 4.98 Å². The van der Waals surface area contributed by atoms with E-state index in [9.17, 15) is 9.18 Å². The number of aliphatic carboxylic acids is 1. The molecule has 0 amide bonds. The third-order valence-electron chi connectivity index (χ3n) is 3.73. The number of carbonyl (C=O) groups is 1. The number of hydrogen-bond donors (Lipinski definition) is 1. The molecular formula is C22H18Cl2FNO3S. The van der Waals surface area contributed by atoms with E-state index >= 15 is 0 Å². The van der Waals surface area contributed by atoms with Crippen LogP contribution in [-0.2, 0) is 9.53 Å². The highest BCUT2D eigenvalue weighted by molar-refractivity contribution is 7.13. The molecule has 2 aromatic carbocycles. The van der Waals surface area contributed by atoms with Crippen LogP contribution >= 0.6 is 34.5 Å². The Morgan fingerprint density at radius 3 is 2.57 bits per heavy atom. The molecule has 3 rings (SSSR count). The van der Waals surface area contributed by atoms with Gasteiger partial charge in [-0.15, -0.1) is 11.3 Å². The highest BCUT2D eigenvalue weighted by atomic mass is 35.5.